The molecule has 0 saturated heterocycles. The van der Waals surface area contributed by atoms with Crippen molar-refractivity contribution in [1.82, 2.24) is 4.72 Å². The van der Waals surface area contributed by atoms with Crippen molar-refractivity contribution in [3.63, 3.8) is 0 Å². The fourth-order valence-electron chi connectivity index (χ4n) is 2.02. The Kier molecular flexibility index (Phi) is 4.93. The van der Waals surface area contributed by atoms with Gasteiger partial charge in [-0.15, -0.1) is 0 Å². The molecule has 112 valence electrons. The summed E-state index contributed by atoms with van der Waals surface area (Å²) in [5, 5.41) is 0. The Bertz CT molecular complexity index is 683. The Morgan fingerprint density at radius 3 is 2.43 bits per heavy atom. The lowest BCUT2D eigenvalue weighted by Gasteiger charge is -2.09. The van der Waals surface area contributed by atoms with Crippen LogP contribution >= 0.6 is 0 Å². The number of halogens is 1. The molecular weight excluding hydrogens is 291 g/mol. The van der Waals surface area contributed by atoms with Crippen LogP contribution in [-0.4, -0.2) is 15.0 Å². The average Bonchev–Trinajstić information content (AvgIpc) is 2.44. The molecule has 0 aliphatic rings. The highest BCUT2D eigenvalue weighted by molar-refractivity contribution is 7.89. The van der Waals surface area contributed by atoms with Crippen LogP contribution in [0.4, 0.5) is 10.1 Å². The van der Waals surface area contributed by atoms with E-state index in [4.69, 9.17) is 5.73 Å². The number of hydrogen-bond donors (Lipinski definition) is 2. The summed E-state index contributed by atoms with van der Waals surface area (Å²) >= 11 is 0. The maximum atomic E-state index is 13.6. The lowest BCUT2D eigenvalue weighted by molar-refractivity contribution is 0.557. The van der Waals surface area contributed by atoms with Crippen molar-refractivity contribution in [2.45, 2.75) is 17.7 Å². The zero-order valence-corrected chi connectivity index (χ0v) is 12.2. The van der Waals surface area contributed by atoms with Crippen LogP contribution in [0.25, 0.3) is 0 Å². The first-order valence-corrected chi connectivity index (χ1v) is 8.06. The first-order valence-electron chi connectivity index (χ1n) is 6.58. The summed E-state index contributed by atoms with van der Waals surface area (Å²) in [6.07, 6.45) is 1.37. The van der Waals surface area contributed by atoms with E-state index in [2.05, 4.69) is 4.72 Å². The lowest BCUT2D eigenvalue weighted by atomic mass is 10.1. The number of nitrogens with one attached hydrogen (secondary N) is 1. The number of nitrogen functional groups attached to an aromatic ring is 1. The summed E-state index contributed by atoms with van der Waals surface area (Å²) in [6, 6.07) is 13.6. The molecule has 0 aliphatic heterocycles. The van der Waals surface area contributed by atoms with Crippen molar-refractivity contribution >= 4 is 15.7 Å². The molecule has 2 rings (SSSR count). The molecule has 3 N–H and O–H groups in total. The zero-order chi connectivity index (χ0) is 15.3. The van der Waals surface area contributed by atoms with Gasteiger partial charge in [-0.1, -0.05) is 36.4 Å². The quantitative estimate of drug-likeness (QED) is 0.635. The van der Waals surface area contributed by atoms with E-state index < -0.39 is 20.7 Å². The third kappa shape index (κ3) is 4.03. The van der Waals surface area contributed by atoms with Gasteiger partial charge in [-0.3, -0.25) is 0 Å². The van der Waals surface area contributed by atoms with Gasteiger partial charge in [0.25, 0.3) is 0 Å². The first kappa shape index (κ1) is 15.5. The van der Waals surface area contributed by atoms with Crippen molar-refractivity contribution in [2.24, 2.45) is 0 Å². The molecule has 0 atom stereocenters. The van der Waals surface area contributed by atoms with Gasteiger partial charge in [0.1, 0.15) is 10.7 Å². The maximum absolute atomic E-state index is 13.6. The van der Waals surface area contributed by atoms with Crippen LogP contribution < -0.4 is 10.5 Å². The lowest BCUT2D eigenvalue weighted by Crippen LogP contribution is -2.26. The molecule has 21 heavy (non-hydrogen) atoms. The number of anilines is 1. The molecule has 0 spiro atoms. The van der Waals surface area contributed by atoms with E-state index in [-0.39, 0.29) is 12.2 Å². The smallest absolute Gasteiger partial charge is 0.245 e. The Balaban J connectivity index is 1.96. The first-order chi connectivity index (χ1) is 10.0. The van der Waals surface area contributed by atoms with E-state index in [1.807, 2.05) is 30.3 Å². The van der Waals surface area contributed by atoms with Crippen LogP contribution in [0, 0.1) is 5.82 Å². The van der Waals surface area contributed by atoms with E-state index >= 15 is 0 Å². The normalized spacial score (nSPS) is 11.5. The maximum Gasteiger partial charge on any atom is 0.245 e. The van der Waals surface area contributed by atoms with Crippen molar-refractivity contribution in [2.75, 3.05) is 12.3 Å². The number of nitrogens with two attached hydrogens (primary N) is 1. The van der Waals surface area contributed by atoms with Crippen LogP contribution in [-0.2, 0) is 16.4 Å². The van der Waals surface area contributed by atoms with Gasteiger partial charge in [0, 0.05) is 6.54 Å². The molecule has 0 amide bonds. The van der Waals surface area contributed by atoms with Gasteiger partial charge in [0.05, 0.1) is 5.69 Å². The van der Waals surface area contributed by atoms with E-state index in [9.17, 15) is 12.8 Å². The van der Waals surface area contributed by atoms with Crippen LogP contribution in [0.2, 0.25) is 0 Å². The Morgan fingerprint density at radius 2 is 1.76 bits per heavy atom. The van der Waals surface area contributed by atoms with Crippen LogP contribution in [0.5, 0.6) is 0 Å². The van der Waals surface area contributed by atoms with Crippen molar-refractivity contribution in [3.8, 4) is 0 Å². The summed E-state index contributed by atoms with van der Waals surface area (Å²) < 4.78 is 40.1. The van der Waals surface area contributed by atoms with E-state index in [0.29, 0.717) is 6.42 Å². The van der Waals surface area contributed by atoms with Crippen LogP contribution in [0.1, 0.15) is 12.0 Å². The highest BCUT2D eigenvalue weighted by Gasteiger charge is 2.21. The van der Waals surface area contributed by atoms with Crippen LogP contribution in [0.15, 0.2) is 53.4 Å². The highest BCUT2D eigenvalue weighted by Crippen LogP contribution is 2.21. The summed E-state index contributed by atoms with van der Waals surface area (Å²) in [6.45, 7) is 0.227. The monoisotopic (exact) mass is 308 g/mol. The summed E-state index contributed by atoms with van der Waals surface area (Å²) in [5.41, 5.74) is 6.58. The van der Waals surface area contributed by atoms with E-state index in [1.165, 1.54) is 12.1 Å². The molecule has 2 aromatic rings. The molecule has 0 saturated carbocycles. The number of benzene rings is 2. The third-order valence-corrected chi connectivity index (χ3v) is 4.60. The van der Waals surface area contributed by atoms with E-state index in [1.54, 1.807) is 0 Å². The van der Waals surface area contributed by atoms with Crippen LogP contribution in [0.3, 0.4) is 0 Å². The van der Waals surface area contributed by atoms with Gasteiger partial charge in [-0.2, -0.15) is 0 Å². The molecule has 0 heterocycles. The van der Waals surface area contributed by atoms with E-state index in [0.717, 1.165) is 18.1 Å². The molecule has 0 unspecified atom stereocenters. The number of rotatable bonds is 6. The average molecular weight is 308 g/mol. The topological polar surface area (TPSA) is 72.2 Å². The van der Waals surface area contributed by atoms with Gasteiger partial charge in [-0.25, -0.2) is 17.5 Å². The highest BCUT2D eigenvalue weighted by atomic mass is 32.2. The molecule has 2 aromatic carbocycles. The Morgan fingerprint density at radius 1 is 1.05 bits per heavy atom. The van der Waals surface area contributed by atoms with Gasteiger partial charge < -0.3 is 5.73 Å². The molecular formula is C15H17FN2O2S. The Labute approximate surface area is 123 Å². The minimum Gasteiger partial charge on any atom is -0.398 e. The fourth-order valence-corrected chi connectivity index (χ4v) is 3.29. The summed E-state index contributed by atoms with van der Waals surface area (Å²) in [4.78, 5) is -0.482. The molecule has 0 bridgehead atoms. The number of hydrogen-bond acceptors (Lipinski definition) is 3. The van der Waals surface area contributed by atoms with Crippen molar-refractivity contribution < 1.29 is 12.8 Å². The minimum atomic E-state index is -3.93. The molecule has 0 aliphatic carbocycles. The minimum absolute atomic E-state index is 0.0921. The molecule has 0 radical (unpaired) electrons. The van der Waals surface area contributed by atoms with Gasteiger partial charge in [0.15, 0.2) is 0 Å². The molecule has 4 nitrogen and oxygen atoms in total. The summed E-state index contributed by atoms with van der Waals surface area (Å²) in [5.74, 6) is -0.842. The predicted molar refractivity (Wildman–Crippen MR) is 80.8 cm³/mol. The largest absolute Gasteiger partial charge is 0.398 e. The third-order valence-electron chi connectivity index (χ3n) is 3.04. The molecule has 0 fully saturated rings. The second kappa shape index (κ2) is 6.69. The second-order valence-electron chi connectivity index (χ2n) is 4.65. The number of sulfonamides is 1. The van der Waals surface area contributed by atoms with Crippen molar-refractivity contribution in [3.05, 3.63) is 59.9 Å². The van der Waals surface area contributed by atoms with Gasteiger partial charge >= 0.3 is 0 Å². The predicted octanol–water partition coefficient (Wildman–Crippen LogP) is 2.32. The second-order valence-corrected chi connectivity index (χ2v) is 6.35. The zero-order valence-electron chi connectivity index (χ0n) is 11.4. The SMILES string of the molecule is Nc1cccc(F)c1S(=O)(=O)NCCCc1ccccc1. The number of aryl methyl sites for hydroxylation is 1. The van der Waals surface area contributed by atoms with Gasteiger partial charge in [-0.05, 0) is 30.5 Å². The molecule has 0 aromatic heterocycles. The molecule has 6 heteroatoms. The van der Waals surface area contributed by atoms with Gasteiger partial charge in [0.2, 0.25) is 10.0 Å². The Hall–Kier alpha value is -1.92. The fraction of sp³-hybridized carbons (Fsp3) is 0.200. The van der Waals surface area contributed by atoms with Crippen molar-refractivity contribution in [1.29, 1.82) is 0 Å². The standard InChI is InChI=1S/C15H17FN2O2S/c16-13-9-4-10-14(17)15(13)21(19,20)18-11-5-8-12-6-2-1-3-7-12/h1-4,6-7,9-10,18H,5,8,11,17H2. The summed E-state index contributed by atoms with van der Waals surface area (Å²) in [7, 11) is -3.93.